The number of hydrogen-bond donors (Lipinski definition) is 0. The summed E-state index contributed by atoms with van der Waals surface area (Å²) >= 11 is 0. The van der Waals surface area contributed by atoms with E-state index in [-0.39, 0.29) is 23.2 Å². The largest absolute Gasteiger partial charge is 0.509 e. The van der Waals surface area contributed by atoms with Gasteiger partial charge in [0, 0.05) is 36.1 Å². The quantitative estimate of drug-likeness (QED) is 0.338. The Morgan fingerprint density at radius 2 is 1.09 bits per heavy atom. The highest BCUT2D eigenvalue weighted by Crippen LogP contribution is 2.36. The van der Waals surface area contributed by atoms with E-state index in [1.807, 2.05) is 0 Å². The zero-order valence-electron chi connectivity index (χ0n) is 16.8. The molecular weight excluding hydrogens is 424 g/mol. The third-order valence-electron chi connectivity index (χ3n) is 5.50. The van der Waals surface area contributed by atoms with E-state index in [9.17, 15) is 25.0 Å². The van der Waals surface area contributed by atoms with Crippen molar-refractivity contribution >= 4 is 17.5 Å². The van der Waals surface area contributed by atoms with E-state index in [2.05, 4.69) is 0 Å². The number of hydrogen-bond acceptors (Lipinski definition) is 9. The van der Waals surface area contributed by atoms with Gasteiger partial charge in [-0.3, -0.25) is 20.2 Å². The highest BCUT2D eigenvalue weighted by Gasteiger charge is 2.37. The van der Waals surface area contributed by atoms with Gasteiger partial charge in [0.2, 0.25) is 0 Å². The molecule has 2 aliphatic rings. The van der Waals surface area contributed by atoms with Gasteiger partial charge in [0.15, 0.2) is 0 Å². The number of rotatable bonds is 8. The molecule has 2 saturated heterocycles. The van der Waals surface area contributed by atoms with Crippen LogP contribution in [0.15, 0.2) is 48.5 Å². The van der Waals surface area contributed by atoms with E-state index in [0.717, 1.165) is 0 Å². The molecule has 11 heteroatoms. The summed E-state index contributed by atoms with van der Waals surface area (Å²) in [5, 5.41) is 21.8. The van der Waals surface area contributed by atoms with E-state index in [1.54, 1.807) is 24.3 Å². The van der Waals surface area contributed by atoms with Crippen molar-refractivity contribution in [1.82, 2.24) is 0 Å². The molecule has 2 aliphatic heterocycles. The van der Waals surface area contributed by atoms with E-state index >= 15 is 0 Å². The van der Waals surface area contributed by atoms with Crippen molar-refractivity contribution in [3.63, 3.8) is 0 Å². The van der Waals surface area contributed by atoms with Gasteiger partial charge in [-0.1, -0.05) is 0 Å². The van der Waals surface area contributed by atoms with Crippen LogP contribution < -0.4 is 0 Å². The van der Waals surface area contributed by atoms with Gasteiger partial charge < -0.3 is 18.9 Å². The average molecular weight is 444 g/mol. The van der Waals surface area contributed by atoms with Crippen LogP contribution in [-0.4, -0.2) is 42.4 Å². The molecule has 32 heavy (non-hydrogen) atoms. The zero-order valence-corrected chi connectivity index (χ0v) is 16.8. The van der Waals surface area contributed by atoms with Crippen LogP contribution in [0.2, 0.25) is 0 Å². The smallest absolute Gasteiger partial charge is 0.426 e. The highest BCUT2D eigenvalue weighted by atomic mass is 16.7. The van der Waals surface area contributed by atoms with Gasteiger partial charge in [-0.15, -0.1) is 0 Å². The number of carbonyl (C=O) groups excluding carboxylic acids is 1. The zero-order chi connectivity index (χ0) is 22.7. The van der Waals surface area contributed by atoms with Gasteiger partial charge in [0.25, 0.3) is 11.4 Å². The van der Waals surface area contributed by atoms with Crippen LogP contribution in [0.5, 0.6) is 0 Å². The van der Waals surface area contributed by atoms with E-state index in [0.29, 0.717) is 37.6 Å². The van der Waals surface area contributed by atoms with Crippen molar-refractivity contribution in [2.45, 2.75) is 12.2 Å². The third-order valence-corrected chi connectivity index (χ3v) is 5.50. The monoisotopic (exact) mass is 444 g/mol. The molecule has 2 unspecified atom stereocenters. The topological polar surface area (TPSA) is 140 Å². The molecular formula is C21H20N2O9. The number of carbonyl (C=O) groups is 1. The second-order valence-corrected chi connectivity index (χ2v) is 7.62. The first-order valence-corrected chi connectivity index (χ1v) is 9.94. The van der Waals surface area contributed by atoms with Crippen LogP contribution in [0.25, 0.3) is 0 Å². The van der Waals surface area contributed by atoms with Gasteiger partial charge in [-0.2, -0.15) is 0 Å². The van der Waals surface area contributed by atoms with Crippen LogP contribution in [0.1, 0.15) is 23.3 Å². The first kappa shape index (κ1) is 21.7. The Morgan fingerprint density at radius 3 is 1.34 bits per heavy atom. The van der Waals surface area contributed by atoms with Crippen molar-refractivity contribution < 1.29 is 33.6 Å². The lowest BCUT2D eigenvalue weighted by atomic mass is 9.93. The first-order valence-electron chi connectivity index (χ1n) is 9.94. The summed E-state index contributed by atoms with van der Waals surface area (Å²) in [5.41, 5.74) is 1.06. The molecule has 0 bridgehead atoms. The molecule has 0 radical (unpaired) electrons. The number of non-ortho nitro benzene ring substituents is 2. The Labute approximate surface area is 182 Å². The third kappa shape index (κ3) is 4.68. The summed E-state index contributed by atoms with van der Waals surface area (Å²) in [4.78, 5) is 33.5. The van der Waals surface area contributed by atoms with Gasteiger partial charge in [0.1, 0.15) is 12.2 Å². The molecule has 2 atom stereocenters. The molecule has 2 fully saturated rings. The van der Waals surface area contributed by atoms with Gasteiger partial charge in [0.05, 0.1) is 36.3 Å². The van der Waals surface area contributed by atoms with E-state index in [4.69, 9.17) is 18.9 Å². The van der Waals surface area contributed by atoms with Crippen molar-refractivity contribution in [3.05, 3.63) is 79.9 Å². The van der Waals surface area contributed by atoms with E-state index < -0.39 is 28.2 Å². The van der Waals surface area contributed by atoms with Gasteiger partial charge >= 0.3 is 6.16 Å². The Balaban J connectivity index is 1.49. The molecule has 4 rings (SSSR count). The molecule has 0 spiro atoms. The summed E-state index contributed by atoms with van der Waals surface area (Å²) in [6.07, 6.45) is -2.28. The molecule has 0 amide bonds. The Hall–Kier alpha value is -3.57. The maximum Gasteiger partial charge on any atom is 0.509 e. The van der Waals surface area contributed by atoms with Crippen LogP contribution in [0.4, 0.5) is 16.2 Å². The number of nitro groups is 2. The fourth-order valence-electron chi connectivity index (χ4n) is 3.54. The van der Waals surface area contributed by atoms with Crippen LogP contribution in [0.3, 0.4) is 0 Å². The standard InChI is InChI=1S/C21H20N2O9/c24-21(31-19(15-9-29-10-15)13-1-5-17(6-2-13)22(25)26)32-20(16-11-30-12-16)14-3-7-18(8-4-14)23(27)28/h1-8,15-16,19-20H,9-12H2. The summed E-state index contributed by atoms with van der Waals surface area (Å²) in [5.74, 6) is -0.206. The number of nitro benzene ring substituents is 2. The normalized spacial score (nSPS) is 18.0. The van der Waals surface area contributed by atoms with Crippen molar-refractivity contribution in [1.29, 1.82) is 0 Å². The summed E-state index contributed by atoms with van der Waals surface area (Å²) in [7, 11) is 0. The molecule has 0 saturated carbocycles. The summed E-state index contributed by atoms with van der Waals surface area (Å²) in [6, 6.07) is 11.6. The lowest BCUT2D eigenvalue weighted by Crippen LogP contribution is -2.38. The minimum atomic E-state index is -0.907. The fourth-order valence-corrected chi connectivity index (χ4v) is 3.54. The first-order chi connectivity index (χ1) is 15.4. The molecule has 2 aromatic rings. The van der Waals surface area contributed by atoms with Crippen LogP contribution in [-0.2, 0) is 18.9 Å². The number of nitrogens with zero attached hydrogens (tertiary/aromatic N) is 2. The van der Waals surface area contributed by atoms with Crippen molar-refractivity contribution in [2.75, 3.05) is 26.4 Å². The number of ether oxygens (including phenoxy) is 4. The minimum Gasteiger partial charge on any atom is -0.426 e. The Kier molecular flexibility index (Phi) is 6.28. The maximum absolute atomic E-state index is 12.7. The van der Waals surface area contributed by atoms with Gasteiger partial charge in [-0.05, 0) is 35.4 Å². The molecule has 2 heterocycles. The van der Waals surface area contributed by atoms with Crippen LogP contribution >= 0.6 is 0 Å². The second kappa shape index (κ2) is 9.28. The molecule has 2 aromatic carbocycles. The summed E-state index contributed by atoms with van der Waals surface area (Å²) < 4.78 is 21.7. The van der Waals surface area contributed by atoms with Crippen molar-refractivity contribution in [2.24, 2.45) is 11.8 Å². The molecule has 0 aliphatic carbocycles. The molecule has 168 valence electrons. The van der Waals surface area contributed by atoms with E-state index in [1.165, 1.54) is 24.3 Å². The predicted molar refractivity (Wildman–Crippen MR) is 108 cm³/mol. The fraction of sp³-hybridized carbons (Fsp3) is 0.381. The summed E-state index contributed by atoms with van der Waals surface area (Å²) in [6.45, 7) is 1.54. The SMILES string of the molecule is O=C(OC(c1ccc([N+](=O)[O-])cc1)C1COC1)OC(c1ccc([N+](=O)[O-])cc1)C1COC1. The lowest BCUT2D eigenvalue weighted by molar-refractivity contribution is -0.385. The Bertz CT molecular complexity index is 906. The van der Waals surface area contributed by atoms with Crippen molar-refractivity contribution in [3.8, 4) is 0 Å². The molecule has 0 aromatic heterocycles. The van der Waals surface area contributed by atoms with Crippen LogP contribution in [0, 0.1) is 32.1 Å². The minimum absolute atomic E-state index is 0.0665. The predicted octanol–water partition coefficient (Wildman–Crippen LogP) is 3.73. The second-order valence-electron chi connectivity index (χ2n) is 7.62. The number of benzene rings is 2. The lowest BCUT2D eigenvalue weighted by Gasteiger charge is -2.35. The maximum atomic E-state index is 12.7. The average Bonchev–Trinajstić information content (AvgIpc) is 2.70. The molecule has 0 N–H and O–H groups in total. The van der Waals surface area contributed by atoms with Gasteiger partial charge in [-0.25, -0.2) is 4.79 Å². The Morgan fingerprint density at radius 1 is 0.750 bits per heavy atom. The molecule has 11 nitrogen and oxygen atoms in total. The highest BCUT2D eigenvalue weighted by molar-refractivity contribution is 5.61.